The van der Waals surface area contributed by atoms with Crippen molar-refractivity contribution in [1.29, 1.82) is 0 Å². The van der Waals surface area contributed by atoms with Crippen LogP contribution in [-0.2, 0) is 24.8 Å². The molecule has 9 nitrogen and oxygen atoms in total. The van der Waals surface area contributed by atoms with Crippen LogP contribution in [0.2, 0.25) is 0 Å². The second-order valence-electron chi connectivity index (χ2n) is 4.27. The first kappa shape index (κ1) is 16.5. The van der Waals surface area contributed by atoms with Gasteiger partial charge in [-0.1, -0.05) is 11.3 Å². The van der Waals surface area contributed by atoms with Crippen molar-refractivity contribution in [3.05, 3.63) is 5.69 Å². The second kappa shape index (κ2) is 5.70. The minimum Gasteiger partial charge on any atom is -0.385 e. The van der Waals surface area contributed by atoms with Crippen LogP contribution < -0.4 is 5.14 Å². The molecule has 1 aliphatic heterocycles. The number of thiazole rings is 1. The fourth-order valence-corrected chi connectivity index (χ4v) is 5.69. The number of carbonyl (C=O) groups excluding carboxylic acids is 1. The van der Waals surface area contributed by atoms with Crippen molar-refractivity contribution in [2.24, 2.45) is 5.14 Å². The van der Waals surface area contributed by atoms with Gasteiger partial charge in [-0.2, -0.15) is 4.31 Å². The number of ether oxygens (including phenoxy) is 1. The zero-order chi connectivity index (χ0) is 15.8. The van der Waals surface area contributed by atoms with Crippen molar-refractivity contribution in [2.45, 2.75) is 15.0 Å². The Morgan fingerprint density at radius 3 is 2.71 bits per heavy atom. The highest BCUT2D eigenvalue weighted by atomic mass is 32.3. The SMILES string of the molecule is COCCCN1CC(=O)c2nc(S(N)(=O)=O)sc2S1(=O)=O. The number of carbonyl (C=O) groups is 1. The molecule has 0 atom stereocenters. The molecule has 1 aromatic rings. The number of nitrogens with zero attached hydrogens (tertiary/aromatic N) is 2. The average molecular weight is 355 g/mol. The standard InChI is InChI=1S/C9H13N3O6S3/c1-18-4-2-3-12-5-6(13)7-8(21(12,16)17)19-9(11-7)20(10,14)15/h2-5H2,1H3,(H2,10,14,15). The lowest BCUT2D eigenvalue weighted by Gasteiger charge is -2.24. The topological polar surface area (TPSA) is 137 Å². The summed E-state index contributed by atoms with van der Waals surface area (Å²) in [6, 6.07) is 0. The molecule has 0 bridgehead atoms. The molecule has 0 spiro atoms. The largest absolute Gasteiger partial charge is 0.385 e. The fourth-order valence-electron chi connectivity index (χ4n) is 1.78. The predicted molar refractivity (Wildman–Crippen MR) is 73.1 cm³/mol. The smallest absolute Gasteiger partial charge is 0.265 e. The summed E-state index contributed by atoms with van der Waals surface area (Å²) in [6.07, 6.45) is 0.416. The number of nitrogens with two attached hydrogens (primary N) is 1. The van der Waals surface area contributed by atoms with Gasteiger partial charge in [-0.15, -0.1) is 0 Å². The first-order chi connectivity index (χ1) is 9.67. The van der Waals surface area contributed by atoms with Crippen LogP contribution in [0, 0.1) is 0 Å². The van der Waals surface area contributed by atoms with Crippen LogP contribution in [-0.4, -0.2) is 58.7 Å². The third kappa shape index (κ3) is 3.14. The van der Waals surface area contributed by atoms with E-state index >= 15 is 0 Å². The molecule has 2 heterocycles. The van der Waals surface area contributed by atoms with Crippen LogP contribution in [0.4, 0.5) is 0 Å². The number of Topliss-reactive ketones (excluding diaryl/α,β-unsaturated/α-hetero) is 1. The number of hydrogen-bond acceptors (Lipinski definition) is 8. The molecule has 0 radical (unpaired) electrons. The molecule has 0 aromatic carbocycles. The van der Waals surface area contributed by atoms with Crippen LogP contribution in [0.1, 0.15) is 16.9 Å². The van der Waals surface area contributed by atoms with Gasteiger partial charge in [-0.25, -0.2) is 27.0 Å². The molecule has 1 aliphatic rings. The third-order valence-corrected chi connectivity index (χ3v) is 7.44. The Kier molecular flexibility index (Phi) is 4.46. The van der Waals surface area contributed by atoms with Crippen molar-refractivity contribution in [3.63, 3.8) is 0 Å². The van der Waals surface area contributed by atoms with Gasteiger partial charge < -0.3 is 4.74 Å². The quantitative estimate of drug-likeness (QED) is 0.670. The van der Waals surface area contributed by atoms with Crippen LogP contribution in [0.5, 0.6) is 0 Å². The lowest BCUT2D eigenvalue weighted by Crippen LogP contribution is -2.41. The summed E-state index contributed by atoms with van der Waals surface area (Å²) < 4.78 is 52.1. The van der Waals surface area contributed by atoms with Gasteiger partial charge in [-0.3, -0.25) is 4.79 Å². The highest BCUT2D eigenvalue weighted by Crippen LogP contribution is 2.33. The summed E-state index contributed by atoms with van der Waals surface area (Å²) in [4.78, 5) is 15.5. The number of sulfonamides is 2. The van der Waals surface area contributed by atoms with Gasteiger partial charge in [0.15, 0.2) is 9.99 Å². The van der Waals surface area contributed by atoms with Gasteiger partial charge in [-0.05, 0) is 6.42 Å². The number of aromatic nitrogens is 1. The summed E-state index contributed by atoms with van der Waals surface area (Å²) in [5.74, 6) is -0.552. The Labute approximate surface area is 125 Å². The number of primary sulfonamides is 1. The Bertz CT molecular complexity index is 767. The molecule has 0 aliphatic carbocycles. The molecule has 0 fully saturated rings. The van der Waals surface area contributed by atoms with Crippen molar-refractivity contribution in [2.75, 3.05) is 26.8 Å². The van der Waals surface area contributed by atoms with E-state index in [4.69, 9.17) is 9.88 Å². The highest BCUT2D eigenvalue weighted by Gasteiger charge is 2.40. The molecule has 0 saturated carbocycles. The van der Waals surface area contributed by atoms with E-state index in [1.807, 2.05) is 0 Å². The van der Waals surface area contributed by atoms with Crippen molar-refractivity contribution >= 4 is 37.2 Å². The maximum atomic E-state index is 12.4. The molecule has 0 unspecified atom stereocenters. The van der Waals surface area contributed by atoms with Gasteiger partial charge >= 0.3 is 0 Å². The summed E-state index contributed by atoms with van der Waals surface area (Å²) in [7, 11) is -6.62. The van der Waals surface area contributed by atoms with E-state index in [1.165, 1.54) is 7.11 Å². The van der Waals surface area contributed by atoms with E-state index in [1.54, 1.807) is 0 Å². The molecule has 0 saturated heterocycles. The summed E-state index contributed by atoms with van der Waals surface area (Å²) >= 11 is 0.390. The molecule has 2 N–H and O–H groups in total. The van der Waals surface area contributed by atoms with Gasteiger partial charge in [0.25, 0.3) is 20.0 Å². The Hall–Kier alpha value is -0.920. The average Bonchev–Trinajstić information content (AvgIpc) is 2.82. The van der Waals surface area contributed by atoms with Crippen molar-refractivity contribution in [1.82, 2.24) is 9.29 Å². The van der Waals surface area contributed by atoms with Gasteiger partial charge in [0, 0.05) is 20.3 Å². The molecule has 0 amide bonds. The lowest BCUT2D eigenvalue weighted by atomic mass is 10.3. The Morgan fingerprint density at radius 1 is 1.48 bits per heavy atom. The fraction of sp³-hybridized carbons (Fsp3) is 0.556. The second-order valence-corrected chi connectivity index (χ2v) is 9.14. The van der Waals surface area contributed by atoms with Crippen LogP contribution in [0.3, 0.4) is 0 Å². The zero-order valence-electron chi connectivity index (χ0n) is 11.0. The normalized spacial score (nSPS) is 18.7. The maximum absolute atomic E-state index is 12.4. The van der Waals surface area contributed by atoms with E-state index in [9.17, 15) is 21.6 Å². The summed E-state index contributed by atoms with van der Waals surface area (Å²) in [5.41, 5.74) is -0.355. The summed E-state index contributed by atoms with van der Waals surface area (Å²) in [5, 5.41) is 4.92. The maximum Gasteiger partial charge on any atom is 0.265 e. The number of ketones is 1. The Balaban J connectivity index is 2.43. The third-order valence-electron chi connectivity index (χ3n) is 2.73. The lowest BCUT2D eigenvalue weighted by molar-refractivity contribution is 0.0947. The van der Waals surface area contributed by atoms with Crippen molar-refractivity contribution < 1.29 is 26.4 Å². The predicted octanol–water partition coefficient (Wildman–Crippen LogP) is -0.986. The number of hydrogen-bond donors (Lipinski definition) is 1. The number of fused-ring (bicyclic) bond motifs is 1. The highest BCUT2D eigenvalue weighted by molar-refractivity contribution is 7.93. The minimum atomic E-state index is -4.16. The zero-order valence-corrected chi connectivity index (χ0v) is 13.4. The first-order valence-corrected chi connectivity index (χ1v) is 9.54. The van der Waals surface area contributed by atoms with Crippen molar-refractivity contribution in [3.8, 4) is 0 Å². The van der Waals surface area contributed by atoms with Crippen LogP contribution in [0.25, 0.3) is 0 Å². The van der Waals surface area contributed by atoms with E-state index in [0.29, 0.717) is 24.4 Å². The Morgan fingerprint density at radius 2 is 2.14 bits per heavy atom. The van der Waals surface area contributed by atoms with Gasteiger partial charge in [0.05, 0.1) is 6.54 Å². The van der Waals surface area contributed by atoms with E-state index in [0.717, 1.165) is 4.31 Å². The molecule has 21 heavy (non-hydrogen) atoms. The molecule has 118 valence electrons. The monoisotopic (exact) mass is 355 g/mol. The summed E-state index contributed by atoms with van der Waals surface area (Å²) in [6.45, 7) is 0.0784. The van der Waals surface area contributed by atoms with Gasteiger partial charge in [0.1, 0.15) is 5.69 Å². The molecule has 12 heteroatoms. The van der Waals surface area contributed by atoms with E-state index in [2.05, 4.69) is 4.98 Å². The van der Waals surface area contributed by atoms with Crippen LogP contribution >= 0.6 is 11.3 Å². The van der Waals surface area contributed by atoms with Gasteiger partial charge in [0.2, 0.25) is 4.34 Å². The van der Waals surface area contributed by atoms with Crippen LogP contribution in [0.15, 0.2) is 8.55 Å². The molecule has 2 rings (SSSR count). The molecular formula is C9H13N3O6S3. The van der Waals surface area contributed by atoms with E-state index < -0.39 is 30.2 Å². The molecule has 1 aromatic heterocycles. The van der Waals surface area contributed by atoms with E-state index in [-0.39, 0.29) is 23.0 Å². The first-order valence-electron chi connectivity index (χ1n) is 5.74. The number of methoxy groups -OCH3 is 1. The minimum absolute atomic E-state index is 0.101. The number of rotatable bonds is 5. The molecular weight excluding hydrogens is 342 g/mol.